The monoisotopic (exact) mass is 286 g/mol. The van der Waals surface area contributed by atoms with Gasteiger partial charge in [-0.3, -0.25) is 4.79 Å². The lowest BCUT2D eigenvalue weighted by Gasteiger charge is -2.37. The predicted octanol–water partition coefficient (Wildman–Crippen LogP) is 3.24. The summed E-state index contributed by atoms with van der Waals surface area (Å²) >= 11 is 0. The van der Waals surface area contributed by atoms with E-state index in [1.807, 2.05) is 0 Å². The topological polar surface area (TPSA) is 44.8 Å². The summed E-state index contributed by atoms with van der Waals surface area (Å²) < 4.78 is 16.8. The van der Waals surface area contributed by atoms with E-state index >= 15 is 0 Å². The Bertz CT molecular complexity index is 344. The third-order valence-corrected chi connectivity index (χ3v) is 8.31. The Labute approximate surface area is 117 Å². The summed E-state index contributed by atoms with van der Waals surface area (Å²) in [7, 11) is -1.75. The average Bonchev–Trinajstić information content (AvgIpc) is 2.24. The van der Waals surface area contributed by atoms with Gasteiger partial charge in [0.25, 0.3) is 0 Å². The van der Waals surface area contributed by atoms with Gasteiger partial charge in [-0.1, -0.05) is 20.8 Å². The molecule has 0 aromatic heterocycles. The average molecular weight is 286 g/mol. The van der Waals surface area contributed by atoms with Crippen molar-refractivity contribution < 1.29 is 18.7 Å². The van der Waals surface area contributed by atoms with Gasteiger partial charge < -0.3 is 13.9 Å². The molecular formula is C14H26O4Si. The molecule has 1 heterocycles. The van der Waals surface area contributed by atoms with Crippen LogP contribution in [0.15, 0.2) is 12.3 Å². The molecule has 110 valence electrons. The van der Waals surface area contributed by atoms with Gasteiger partial charge in [0.15, 0.2) is 8.32 Å². The standard InChI is InChI=1S/C14H26O4Si/c1-11(15)18-12-7-8-16-13(9-12)10-17-19(5,6)14(2,3)4/h7-8,12-13H,9-10H2,1-6H3. The minimum Gasteiger partial charge on any atom is -0.496 e. The Kier molecular flexibility index (Phi) is 5.21. The minimum absolute atomic E-state index is 0.0384. The number of carbonyl (C=O) groups is 1. The number of hydrogen-bond acceptors (Lipinski definition) is 4. The first kappa shape index (κ1) is 16.2. The smallest absolute Gasteiger partial charge is 0.303 e. The van der Waals surface area contributed by atoms with E-state index in [9.17, 15) is 4.79 Å². The lowest BCUT2D eigenvalue weighted by Crippen LogP contribution is -2.43. The van der Waals surface area contributed by atoms with Gasteiger partial charge >= 0.3 is 5.97 Å². The van der Waals surface area contributed by atoms with E-state index in [0.29, 0.717) is 13.0 Å². The fraction of sp³-hybridized carbons (Fsp3) is 0.786. The molecule has 1 aliphatic rings. The summed E-state index contributed by atoms with van der Waals surface area (Å²) in [4.78, 5) is 10.9. The third kappa shape index (κ3) is 4.99. The maximum atomic E-state index is 10.9. The van der Waals surface area contributed by atoms with Gasteiger partial charge in [0, 0.05) is 13.3 Å². The van der Waals surface area contributed by atoms with E-state index in [-0.39, 0.29) is 23.2 Å². The number of esters is 1. The quantitative estimate of drug-likeness (QED) is 0.588. The van der Waals surface area contributed by atoms with Crippen LogP contribution in [0.2, 0.25) is 18.1 Å². The van der Waals surface area contributed by atoms with E-state index in [4.69, 9.17) is 13.9 Å². The maximum Gasteiger partial charge on any atom is 0.303 e. The molecule has 0 saturated carbocycles. The van der Waals surface area contributed by atoms with Crippen LogP contribution in [0.3, 0.4) is 0 Å². The summed E-state index contributed by atoms with van der Waals surface area (Å²) in [6.45, 7) is 13.0. The molecule has 0 radical (unpaired) electrons. The van der Waals surface area contributed by atoms with E-state index in [1.54, 1.807) is 12.3 Å². The second-order valence-electron chi connectivity index (χ2n) is 6.54. The Morgan fingerprint density at radius 3 is 2.58 bits per heavy atom. The second kappa shape index (κ2) is 6.09. The highest BCUT2D eigenvalue weighted by molar-refractivity contribution is 6.74. The van der Waals surface area contributed by atoms with Gasteiger partial charge in [0.1, 0.15) is 12.2 Å². The fourth-order valence-corrected chi connectivity index (χ4v) is 2.60. The van der Waals surface area contributed by atoms with Crippen molar-refractivity contribution in [3.05, 3.63) is 12.3 Å². The second-order valence-corrected chi connectivity index (χ2v) is 11.4. The van der Waals surface area contributed by atoms with Gasteiger partial charge in [-0.05, 0) is 24.2 Å². The number of rotatable bonds is 4. The summed E-state index contributed by atoms with van der Waals surface area (Å²) in [5.41, 5.74) is 0. The summed E-state index contributed by atoms with van der Waals surface area (Å²) in [6, 6.07) is 0. The van der Waals surface area contributed by atoms with E-state index in [2.05, 4.69) is 33.9 Å². The lowest BCUT2D eigenvalue weighted by atomic mass is 10.1. The van der Waals surface area contributed by atoms with Crippen LogP contribution in [0, 0.1) is 0 Å². The van der Waals surface area contributed by atoms with Gasteiger partial charge in [-0.15, -0.1) is 0 Å². The largest absolute Gasteiger partial charge is 0.496 e. The van der Waals surface area contributed by atoms with Gasteiger partial charge in [-0.2, -0.15) is 0 Å². The van der Waals surface area contributed by atoms with Crippen molar-refractivity contribution in [2.75, 3.05) is 6.61 Å². The molecule has 0 amide bonds. The summed E-state index contributed by atoms with van der Waals surface area (Å²) in [6.07, 6.45) is 3.80. The highest BCUT2D eigenvalue weighted by Crippen LogP contribution is 2.36. The van der Waals surface area contributed by atoms with Gasteiger partial charge in [0.05, 0.1) is 12.9 Å². The van der Waals surface area contributed by atoms with Crippen LogP contribution < -0.4 is 0 Å². The Hall–Kier alpha value is -0.813. The van der Waals surface area contributed by atoms with Crippen LogP contribution in [-0.4, -0.2) is 33.1 Å². The van der Waals surface area contributed by atoms with Crippen molar-refractivity contribution >= 4 is 14.3 Å². The maximum absolute atomic E-state index is 10.9. The molecule has 0 fully saturated rings. The molecule has 1 aliphatic heterocycles. The Morgan fingerprint density at radius 1 is 1.42 bits per heavy atom. The van der Waals surface area contributed by atoms with E-state index < -0.39 is 8.32 Å². The van der Waals surface area contributed by atoms with Gasteiger partial charge in [-0.25, -0.2) is 0 Å². The summed E-state index contributed by atoms with van der Waals surface area (Å²) in [5, 5.41) is 0.187. The van der Waals surface area contributed by atoms with Crippen LogP contribution >= 0.6 is 0 Å². The predicted molar refractivity (Wildman–Crippen MR) is 77.3 cm³/mol. The molecule has 1 rings (SSSR count). The molecular weight excluding hydrogens is 260 g/mol. The molecule has 0 aliphatic carbocycles. The van der Waals surface area contributed by atoms with Crippen LogP contribution in [0.4, 0.5) is 0 Å². The fourth-order valence-electron chi connectivity index (χ4n) is 1.56. The van der Waals surface area contributed by atoms with Crippen LogP contribution in [0.25, 0.3) is 0 Å². The SMILES string of the molecule is CC(=O)OC1C=COC(CO[Si](C)(C)C(C)(C)C)C1. The number of hydrogen-bond donors (Lipinski definition) is 0. The number of ether oxygens (including phenoxy) is 2. The number of carbonyl (C=O) groups excluding carboxylic acids is 1. The molecule has 0 aromatic rings. The van der Waals surface area contributed by atoms with Crippen molar-refractivity contribution in [3.63, 3.8) is 0 Å². The minimum atomic E-state index is -1.75. The Morgan fingerprint density at radius 2 is 2.05 bits per heavy atom. The van der Waals surface area contributed by atoms with Crippen molar-refractivity contribution in [1.82, 2.24) is 0 Å². The van der Waals surface area contributed by atoms with Crippen LogP contribution in [0.5, 0.6) is 0 Å². The molecule has 2 atom stereocenters. The molecule has 0 aromatic carbocycles. The molecule has 2 unspecified atom stereocenters. The van der Waals surface area contributed by atoms with Crippen LogP contribution in [-0.2, 0) is 18.7 Å². The highest BCUT2D eigenvalue weighted by Gasteiger charge is 2.38. The van der Waals surface area contributed by atoms with Crippen molar-refractivity contribution in [1.29, 1.82) is 0 Å². The first-order chi connectivity index (χ1) is 8.62. The zero-order valence-electron chi connectivity index (χ0n) is 12.9. The van der Waals surface area contributed by atoms with E-state index in [0.717, 1.165) is 0 Å². The van der Waals surface area contributed by atoms with E-state index in [1.165, 1.54) is 6.92 Å². The van der Waals surface area contributed by atoms with Crippen molar-refractivity contribution in [2.24, 2.45) is 0 Å². The summed E-state index contributed by atoms with van der Waals surface area (Å²) in [5.74, 6) is -0.263. The molecule has 0 spiro atoms. The lowest BCUT2D eigenvalue weighted by molar-refractivity contribution is -0.146. The molecule has 19 heavy (non-hydrogen) atoms. The zero-order valence-corrected chi connectivity index (χ0v) is 13.9. The molecule has 0 N–H and O–H groups in total. The molecule has 4 nitrogen and oxygen atoms in total. The first-order valence-electron chi connectivity index (χ1n) is 6.75. The molecule has 5 heteroatoms. The van der Waals surface area contributed by atoms with Gasteiger partial charge in [0.2, 0.25) is 0 Å². The molecule has 0 bridgehead atoms. The zero-order chi connectivity index (χ0) is 14.7. The molecule has 0 saturated heterocycles. The highest BCUT2D eigenvalue weighted by atomic mass is 28.4. The Balaban J connectivity index is 2.47. The normalized spacial score (nSPS) is 23.9. The third-order valence-electron chi connectivity index (χ3n) is 3.81. The van der Waals surface area contributed by atoms with Crippen LogP contribution in [0.1, 0.15) is 34.1 Å². The first-order valence-corrected chi connectivity index (χ1v) is 9.66. The van der Waals surface area contributed by atoms with Crippen molar-refractivity contribution in [2.45, 2.75) is 64.5 Å². The van der Waals surface area contributed by atoms with Crippen molar-refractivity contribution in [3.8, 4) is 0 Å².